The lowest BCUT2D eigenvalue weighted by atomic mass is 10.0. The van der Waals surface area contributed by atoms with Crippen LogP contribution in [0.3, 0.4) is 0 Å². The van der Waals surface area contributed by atoms with Crippen molar-refractivity contribution in [1.82, 2.24) is 30.4 Å². The first-order valence-electron chi connectivity index (χ1n) is 9.80. The Balaban J connectivity index is 1.43. The third kappa shape index (κ3) is 4.79. The zero-order chi connectivity index (χ0) is 24.4. The average molecular weight is 527 g/mol. The molecule has 34 heavy (non-hydrogen) atoms. The predicted octanol–water partition coefficient (Wildman–Crippen LogP) is -0.226. The van der Waals surface area contributed by atoms with Crippen molar-refractivity contribution in [1.29, 1.82) is 0 Å². The van der Waals surface area contributed by atoms with Gasteiger partial charge in [-0.05, 0) is 27.4 Å². The van der Waals surface area contributed by atoms with Crippen molar-refractivity contribution in [2.75, 3.05) is 11.5 Å². The van der Waals surface area contributed by atoms with Crippen LogP contribution in [0.25, 0.3) is 0 Å². The third-order valence-electron chi connectivity index (χ3n) is 5.02. The van der Waals surface area contributed by atoms with Gasteiger partial charge in [-0.3, -0.25) is 19.3 Å². The third-order valence-corrected chi connectivity index (χ3v) is 8.33. The maximum atomic E-state index is 12.8. The average Bonchev–Trinajstić information content (AvgIpc) is 3.50. The van der Waals surface area contributed by atoms with Gasteiger partial charge in [0.15, 0.2) is 6.10 Å². The van der Waals surface area contributed by atoms with Gasteiger partial charge in [0.1, 0.15) is 17.1 Å². The minimum Gasteiger partial charge on any atom is -0.481 e. The highest BCUT2D eigenvalue weighted by Crippen LogP contribution is 2.41. The van der Waals surface area contributed by atoms with Crippen LogP contribution >= 0.6 is 34.9 Å². The molecule has 4 heterocycles. The Morgan fingerprint density at radius 3 is 2.79 bits per heavy atom. The summed E-state index contributed by atoms with van der Waals surface area (Å²) in [6, 6.07) is 2.35. The van der Waals surface area contributed by atoms with Gasteiger partial charge in [0.05, 0.1) is 13.0 Å². The number of hydrogen-bond acceptors (Lipinski definition) is 11. The fourth-order valence-corrected chi connectivity index (χ4v) is 6.49. The lowest BCUT2D eigenvalue weighted by Gasteiger charge is -2.49. The van der Waals surface area contributed by atoms with E-state index >= 15 is 0 Å². The number of aryl methyl sites for hydroxylation is 1. The van der Waals surface area contributed by atoms with Gasteiger partial charge in [-0.1, -0.05) is 17.8 Å². The monoisotopic (exact) mass is 526 g/mol. The zero-order valence-electron chi connectivity index (χ0n) is 17.2. The molecule has 1 fully saturated rings. The molecule has 0 radical (unpaired) electrons. The first kappa shape index (κ1) is 24.2. The molecule has 1 saturated heterocycles. The number of aliphatic hydroxyl groups is 1. The molecule has 0 spiro atoms. The highest BCUT2D eigenvalue weighted by molar-refractivity contribution is 8.01. The number of tetrazole rings is 1. The van der Waals surface area contributed by atoms with Crippen LogP contribution in [0.4, 0.5) is 0 Å². The number of carboxylic acid groups (broad SMARTS) is 2. The molecule has 2 amide bonds. The summed E-state index contributed by atoms with van der Waals surface area (Å²) in [6.07, 6.45) is -1.58. The smallest absolute Gasteiger partial charge is 0.352 e. The number of thioether (sulfide) groups is 2. The van der Waals surface area contributed by atoms with Crippen molar-refractivity contribution in [3.8, 4) is 0 Å². The summed E-state index contributed by atoms with van der Waals surface area (Å²) >= 11 is 3.64. The number of nitrogens with zero attached hydrogens (tertiary/aromatic N) is 5. The summed E-state index contributed by atoms with van der Waals surface area (Å²) in [5, 5.41) is 43.8. The molecular formula is C18H18N6O7S3. The van der Waals surface area contributed by atoms with Crippen LogP contribution in [0.2, 0.25) is 0 Å². The molecule has 180 valence electrons. The van der Waals surface area contributed by atoms with Gasteiger partial charge in [-0.25, -0.2) is 9.48 Å². The molecule has 0 aliphatic carbocycles. The van der Waals surface area contributed by atoms with Crippen molar-refractivity contribution >= 4 is 58.6 Å². The number of thiophene rings is 1. The molecule has 2 aliphatic heterocycles. The number of carbonyl (C=O) groups is 4. The molecule has 0 bridgehead atoms. The molecular weight excluding hydrogens is 508 g/mol. The van der Waals surface area contributed by atoms with Gasteiger partial charge in [-0.15, -0.1) is 28.2 Å². The SMILES string of the molecule is O=C(O)CCn1nnnc1SCC1=C(C(=O)O)N2C(=O)C(NC(=O)C(O)c3cccs3)[C@H]2SC1. The predicted molar refractivity (Wildman–Crippen MR) is 120 cm³/mol. The number of carboxylic acids is 2. The van der Waals surface area contributed by atoms with Crippen LogP contribution in [0.5, 0.6) is 0 Å². The standard InChI is InChI=1S/C18H18N6O7S3/c25-10(26)3-4-23-18(20-21-22-23)34-7-8-6-33-16-11(15(29)24(16)12(8)17(30)31)19-14(28)13(27)9-2-1-5-32-9/h1-2,5,11,13,16,27H,3-4,6-7H2,(H,19,28)(H,25,26)(H,30,31)/t11?,13?,16-/m1/s1. The number of β-lactam (4-membered cyclic amide) rings is 1. The second-order valence-electron chi connectivity index (χ2n) is 7.19. The van der Waals surface area contributed by atoms with Gasteiger partial charge >= 0.3 is 11.9 Å². The fraction of sp³-hybridized carbons (Fsp3) is 0.389. The van der Waals surface area contributed by atoms with E-state index in [2.05, 4.69) is 20.8 Å². The van der Waals surface area contributed by atoms with Crippen LogP contribution < -0.4 is 5.32 Å². The van der Waals surface area contributed by atoms with Gasteiger partial charge in [0.25, 0.3) is 11.8 Å². The van der Waals surface area contributed by atoms with E-state index in [1.165, 1.54) is 27.8 Å². The van der Waals surface area contributed by atoms with Crippen molar-refractivity contribution in [2.45, 2.75) is 35.6 Å². The zero-order valence-corrected chi connectivity index (χ0v) is 19.7. The molecule has 2 aromatic rings. The summed E-state index contributed by atoms with van der Waals surface area (Å²) in [5.41, 5.74) is 0.318. The maximum Gasteiger partial charge on any atom is 0.352 e. The molecule has 0 saturated carbocycles. The largest absolute Gasteiger partial charge is 0.481 e. The second kappa shape index (κ2) is 10.1. The molecule has 16 heteroatoms. The van der Waals surface area contributed by atoms with Crippen molar-refractivity contribution in [2.24, 2.45) is 0 Å². The van der Waals surface area contributed by atoms with Crippen LogP contribution in [0.1, 0.15) is 17.4 Å². The van der Waals surface area contributed by atoms with Crippen molar-refractivity contribution in [3.63, 3.8) is 0 Å². The minimum atomic E-state index is -1.41. The quantitative estimate of drug-likeness (QED) is 0.236. The van der Waals surface area contributed by atoms with Crippen molar-refractivity contribution < 1.29 is 34.5 Å². The van der Waals surface area contributed by atoms with E-state index in [9.17, 15) is 29.4 Å². The maximum absolute atomic E-state index is 12.8. The van der Waals surface area contributed by atoms with E-state index in [1.54, 1.807) is 17.5 Å². The van der Waals surface area contributed by atoms with Gasteiger partial charge < -0.3 is 20.6 Å². The topological polar surface area (TPSA) is 188 Å². The highest BCUT2D eigenvalue weighted by atomic mass is 32.2. The van der Waals surface area contributed by atoms with E-state index < -0.39 is 41.3 Å². The molecule has 4 N–H and O–H groups in total. The normalized spacial score (nSPS) is 20.5. The lowest BCUT2D eigenvalue weighted by Crippen LogP contribution is -2.70. The van der Waals surface area contributed by atoms with E-state index in [0.717, 1.165) is 16.7 Å². The first-order chi connectivity index (χ1) is 16.3. The van der Waals surface area contributed by atoms with E-state index in [-0.39, 0.29) is 24.4 Å². The van der Waals surface area contributed by atoms with Crippen LogP contribution in [-0.4, -0.2) is 87.1 Å². The molecule has 3 atom stereocenters. The summed E-state index contributed by atoms with van der Waals surface area (Å²) in [5.74, 6) is -3.11. The van der Waals surface area contributed by atoms with Crippen LogP contribution in [-0.2, 0) is 25.7 Å². The number of amides is 2. The minimum absolute atomic E-state index is 0.0651. The second-order valence-corrected chi connectivity index (χ2v) is 10.2. The van der Waals surface area contributed by atoms with Crippen LogP contribution in [0, 0.1) is 0 Å². The number of rotatable bonds is 10. The van der Waals surface area contributed by atoms with Gasteiger partial charge in [0.2, 0.25) is 5.16 Å². The van der Waals surface area contributed by atoms with Gasteiger partial charge in [-0.2, -0.15) is 0 Å². The number of aliphatic hydroxyl groups excluding tert-OH is 1. The van der Waals surface area contributed by atoms with Crippen molar-refractivity contribution in [3.05, 3.63) is 33.7 Å². The number of aliphatic carboxylic acids is 2. The first-order valence-corrected chi connectivity index (χ1v) is 12.7. The Labute approximate surface area is 204 Å². The van der Waals surface area contributed by atoms with Crippen LogP contribution in [0.15, 0.2) is 33.9 Å². The molecule has 2 unspecified atom stereocenters. The molecule has 0 aromatic carbocycles. The van der Waals surface area contributed by atoms with E-state index in [4.69, 9.17) is 5.11 Å². The summed E-state index contributed by atoms with van der Waals surface area (Å²) in [4.78, 5) is 49.5. The number of nitrogens with one attached hydrogen (secondary N) is 1. The summed E-state index contributed by atoms with van der Waals surface area (Å²) in [6.45, 7) is 0.0651. The Morgan fingerprint density at radius 1 is 1.32 bits per heavy atom. The Bertz CT molecular complexity index is 1150. The number of hydrogen-bond donors (Lipinski definition) is 4. The highest BCUT2D eigenvalue weighted by Gasteiger charge is 2.54. The fourth-order valence-electron chi connectivity index (χ4n) is 3.40. The Morgan fingerprint density at radius 2 is 2.12 bits per heavy atom. The number of fused-ring (bicyclic) bond motifs is 1. The molecule has 13 nitrogen and oxygen atoms in total. The summed E-state index contributed by atoms with van der Waals surface area (Å²) in [7, 11) is 0. The van der Waals surface area contributed by atoms with E-state index in [0.29, 0.717) is 21.4 Å². The Kier molecular flexibility index (Phi) is 7.20. The Hall–Kier alpha value is -2.95. The van der Waals surface area contributed by atoms with Gasteiger partial charge in [0, 0.05) is 16.4 Å². The molecule has 2 aliphatic rings. The number of aromatic nitrogens is 4. The van der Waals surface area contributed by atoms with E-state index in [1.807, 2.05) is 0 Å². The lowest BCUT2D eigenvalue weighted by molar-refractivity contribution is -0.151. The number of carbonyl (C=O) groups excluding carboxylic acids is 2. The molecule has 4 rings (SSSR count). The molecule has 2 aromatic heterocycles. The summed E-state index contributed by atoms with van der Waals surface area (Å²) < 4.78 is 1.32.